The molecule has 0 radical (unpaired) electrons. The second-order valence-electron chi connectivity index (χ2n) is 2.90. The zero-order valence-corrected chi connectivity index (χ0v) is 9.72. The Bertz CT molecular complexity index is 376. The van der Waals surface area contributed by atoms with E-state index in [0.717, 1.165) is 0 Å². The molecular weight excluding hydrogens is 260 g/mol. The molecule has 1 rings (SSSR count). The smallest absolute Gasteiger partial charge is 0.249 e. The summed E-state index contributed by atoms with van der Waals surface area (Å²) in [7, 11) is 0. The minimum absolute atomic E-state index is 0.135. The van der Waals surface area contributed by atoms with E-state index in [0.29, 0.717) is 0 Å². The molecule has 0 fully saturated rings. The van der Waals surface area contributed by atoms with Gasteiger partial charge >= 0.3 is 0 Å². The van der Waals surface area contributed by atoms with Gasteiger partial charge in [0.25, 0.3) is 0 Å². The lowest BCUT2D eigenvalue weighted by Gasteiger charge is -2.20. The van der Waals surface area contributed by atoms with Crippen molar-refractivity contribution in [1.82, 2.24) is 0 Å². The Morgan fingerprint density at radius 3 is 2.33 bits per heavy atom. The zero-order chi connectivity index (χ0) is 11.6. The van der Waals surface area contributed by atoms with E-state index >= 15 is 0 Å². The molecule has 0 aromatic heterocycles. The second kappa shape index (κ2) is 4.58. The van der Waals surface area contributed by atoms with Crippen LogP contribution in [0.3, 0.4) is 0 Å². The third kappa shape index (κ3) is 2.98. The fraction of sp³-hybridized carbons (Fsp3) is 0.222. The first-order valence-electron chi connectivity index (χ1n) is 3.97. The highest BCUT2D eigenvalue weighted by Gasteiger charge is 2.34. The molecule has 0 spiro atoms. The molecule has 0 saturated carbocycles. The molecule has 0 saturated heterocycles. The molecule has 0 aliphatic rings. The minimum Gasteiger partial charge on any atom is -0.384 e. The number of carbonyl (C=O) groups is 1. The number of hydrogen-bond donors (Lipinski definition) is 2. The largest absolute Gasteiger partial charge is 0.384 e. The topological polar surface area (TPSA) is 63.3 Å². The van der Waals surface area contributed by atoms with Gasteiger partial charge in [-0.15, -0.1) is 0 Å². The van der Waals surface area contributed by atoms with E-state index in [1.165, 1.54) is 12.1 Å². The molecule has 1 aromatic rings. The van der Waals surface area contributed by atoms with Crippen LogP contribution in [0.25, 0.3) is 0 Å². The molecule has 0 aliphatic heterocycles. The van der Waals surface area contributed by atoms with E-state index in [9.17, 15) is 9.90 Å². The zero-order valence-electron chi connectivity index (χ0n) is 7.45. The van der Waals surface area contributed by atoms with Crippen molar-refractivity contribution < 1.29 is 9.90 Å². The molecular formula is C9H8Cl3NO2. The average molecular weight is 269 g/mol. The van der Waals surface area contributed by atoms with Crippen molar-refractivity contribution in [1.29, 1.82) is 0 Å². The van der Waals surface area contributed by atoms with Crippen LogP contribution >= 0.6 is 34.8 Å². The lowest BCUT2D eigenvalue weighted by atomic mass is 10.0. The number of halogens is 3. The summed E-state index contributed by atoms with van der Waals surface area (Å²) in [4.78, 5) is 11.0. The van der Waals surface area contributed by atoms with Gasteiger partial charge in [0.15, 0.2) is 0 Å². The fourth-order valence-electron chi connectivity index (χ4n) is 1.14. The predicted octanol–water partition coefficient (Wildman–Crippen LogP) is 2.19. The van der Waals surface area contributed by atoms with Crippen LogP contribution in [0.4, 0.5) is 0 Å². The van der Waals surface area contributed by atoms with Crippen molar-refractivity contribution in [2.75, 3.05) is 0 Å². The Hall–Kier alpha value is -0.480. The van der Waals surface area contributed by atoms with E-state index in [4.69, 9.17) is 40.5 Å². The Balaban J connectivity index is 3.19. The number of hydrogen-bond acceptors (Lipinski definition) is 2. The number of primary amides is 1. The quantitative estimate of drug-likeness (QED) is 0.808. The van der Waals surface area contributed by atoms with Gasteiger partial charge in [-0.2, -0.15) is 0 Å². The van der Waals surface area contributed by atoms with Crippen LogP contribution in [-0.4, -0.2) is 14.8 Å². The monoisotopic (exact) mass is 267 g/mol. The van der Waals surface area contributed by atoms with Crippen LogP contribution < -0.4 is 5.73 Å². The standard InChI is InChI=1S/C9H8Cl3NO2/c10-9(11,12)7(14)5-3-1-2-4-6(5)8(13)15/h1-4,7,14H,(H2,13,15). The van der Waals surface area contributed by atoms with Crippen LogP contribution in [0, 0.1) is 0 Å². The van der Waals surface area contributed by atoms with Crippen LogP contribution in [0.15, 0.2) is 24.3 Å². The Morgan fingerprint density at radius 1 is 1.33 bits per heavy atom. The number of nitrogens with two attached hydrogens (primary N) is 1. The maximum Gasteiger partial charge on any atom is 0.249 e. The third-order valence-electron chi connectivity index (χ3n) is 1.83. The number of rotatable bonds is 2. The van der Waals surface area contributed by atoms with Crippen molar-refractivity contribution >= 4 is 40.7 Å². The van der Waals surface area contributed by atoms with Gasteiger partial charge in [0, 0.05) is 5.56 Å². The maximum absolute atomic E-state index is 11.0. The van der Waals surface area contributed by atoms with Crippen LogP contribution in [0.1, 0.15) is 22.0 Å². The van der Waals surface area contributed by atoms with Gasteiger partial charge in [-0.1, -0.05) is 53.0 Å². The van der Waals surface area contributed by atoms with Gasteiger partial charge in [-0.25, -0.2) is 0 Å². The Kier molecular flexibility index (Phi) is 3.84. The SMILES string of the molecule is NC(=O)c1ccccc1C(O)C(Cl)(Cl)Cl. The normalized spacial score (nSPS) is 13.6. The number of benzene rings is 1. The Morgan fingerprint density at radius 2 is 1.87 bits per heavy atom. The molecule has 15 heavy (non-hydrogen) atoms. The average Bonchev–Trinajstić information content (AvgIpc) is 2.15. The van der Waals surface area contributed by atoms with Crippen LogP contribution in [-0.2, 0) is 0 Å². The summed E-state index contributed by atoms with van der Waals surface area (Å²) in [6.45, 7) is 0. The first-order chi connectivity index (χ1) is 6.84. The summed E-state index contributed by atoms with van der Waals surface area (Å²) in [5, 5.41) is 9.68. The highest BCUT2D eigenvalue weighted by atomic mass is 35.6. The van der Waals surface area contributed by atoms with Crippen molar-refractivity contribution in [3.05, 3.63) is 35.4 Å². The number of carbonyl (C=O) groups excluding carboxylic acids is 1. The van der Waals surface area contributed by atoms with E-state index in [1.807, 2.05) is 0 Å². The van der Waals surface area contributed by atoms with Gasteiger partial charge in [0.05, 0.1) is 0 Å². The van der Waals surface area contributed by atoms with Crippen molar-refractivity contribution in [3.8, 4) is 0 Å². The fourth-order valence-corrected chi connectivity index (χ4v) is 1.49. The van der Waals surface area contributed by atoms with Gasteiger partial charge in [0.2, 0.25) is 9.70 Å². The molecule has 1 unspecified atom stereocenters. The summed E-state index contributed by atoms with van der Waals surface area (Å²) in [5.41, 5.74) is 5.45. The van der Waals surface area contributed by atoms with E-state index in [2.05, 4.69) is 0 Å². The molecule has 1 aromatic carbocycles. The predicted molar refractivity (Wildman–Crippen MR) is 60.2 cm³/mol. The van der Waals surface area contributed by atoms with E-state index in [-0.39, 0.29) is 11.1 Å². The van der Waals surface area contributed by atoms with Crippen molar-refractivity contribution in [2.24, 2.45) is 5.73 Å². The number of aliphatic hydroxyl groups excluding tert-OH is 1. The van der Waals surface area contributed by atoms with E-state index < -0.39 is 15.8 Å². The second-order valence-corrected chi connectivity index (χ2v) is 5.26. The van der Waals surface area contributed by atoms with Gasteiger partial charge in [0.1, 0.15) is 6.10 Å². The summed E-state index contributed by atoms with van der Waals surface area (Å²) < 4.78 is -1.90. The molecule has 3 N–H and O–H groups in total. The Labute approximate surface area is 102 Å². The first kappa shape index (κ1) is 12.6. The lowest BCUT2D eigenvalue weighted by molar-refractivity contribution is 0.0992. The van der Waals surface area contributed by atoms with Crippen molar-refractivity contribution in [3.63, 3.8) is 0 Å². The molecule has 0 aliphatic carbocycles. The molecule has 0 bridgehead atoms. The summed E-state index contributed by atoms with van der Waals surface area (Å²) >= 11 is 16.6. The number of aliphatic hydroxyl groups is 1. The summed E-state index contributed by atoms with van der Waals surface area (Å²) in [5.74, 6) is -0.682. The van der Waals surface area contributed by atoms with Crippen LogP contribution in [0.2, 0.25) is 0 Å². The molecule has 3 nitrogen and oxygen atoms in total. The summed E-state index contributed by atoms with van der Waals surface area (Å²) in [6, 6.07) is 6.15. The van der Waals surface area contributed by atoms with Crippen molar-refractivity contribution in [2.45, 2.75) is 9.90 Å². The molecule has 1 amide bonds. The molecule has 1 atom stereocenters. The lowest BCUT2D eigenvalue weighted by Crippen LogP contribution is -2.22. The first-order valence-corrected chi connectivity index (χ1v) is 5.11. The van der Waals surface area contributed by atoms with Crippen LogP contribution in [0.5, 0.6) is 0 Å². The third-order valence-corrected chi connectivity index (χ3v) is 2.45. The number of alkyl halides is 3. The van der Waals surface area contributed by atoms with Gasteiger partial charge in [-0.3, -0.25) is 4.79 Å². The summed E-state index contributed by atoms with van der Waals surface area (Å²) in [6.07, 6.45) is -1.40. The highest BCUT2D eigenvalue weighted by Crippen LogP contribution is 2.40. The minimum atomic E-state index is -1.90. The number of amides is 1. The molecule has 0 heterocycles. The highest BCUT2D eigenvalue weighted by molar-refractivity contribution is 6.68. The molecule has 82 valence electrons. The maximum atomic E-state index is 11.0. The van der Waals surface area contributed by atoms with E-state index in [1.54, 1.807) is 12.1 Å². The van der Waals surface area contributed by atoms with Gasteiger partial charge < -0.3 is 10.8 Å². The molecule has 6 heteroatoms. The van der Waals surface area contributed by atoms with Gasteiger partial charge in [-0.05, 0) is 11.6 Å².